The second-order valence-corrected chi connectivity index (χ2v) is 7.07. The Morgan fingerprint density at radius 1 is 1.35 bits per heavy atom. The molecule has 1 saturated heterocycles. The number of nitrogens with one attached hydrogen (secondary N) is 1. The number of hydrogen-bond acceptors (Lipinski definition) is 3. The SMILES string of the molecule is CCCCC(CN)NC(=O)C1(C(F)(F)F)CCN(Cc2ccccc2)C1. The van der Waals surface area contributed by atoms with E-state index in [2.05, 4.69) is 5.32 Å². The molecule has 3 N–H and O–H groups in total. The van der Waals surface area contributed by atoms with E-state index in [0.29, 0.717) is 13.0 Å². The van der Waals surface area contributed by atoms with E-state index in [1.54, 1.807) is 4.90 Å². The average Bonchev–Trinajstić information content (AvgIpc) is 3.04. The third-order valence-electron chi connectivity index (χ3n) is 5.10. The molecule has 2 atom stereocenters. The van der Waals surface area contributed by atoms with E-state index in [1.165, 1.54) is 0 Å². The lowest BCUT2D eigenvalue weighted by Crippen LogP contribution is -2.55. The molecule has 26 heavy (non-hydrogen) atoms. The van der Waals surface area contributed by atoms with Crippen molar-refractivity contribution in [3.8, 4) is 0 Å². The minimum atomic E-state index is -4.59. The molecule has 2 rings (SSSR count). The van der Waals surface area contributed by atoms with Gasteiger partial charge in [0.1, 0.15) is 0 Å². The fourth-order valence-corrected chi connectivity index (χ4v) is 3.43. The fourth-order valence-electron chi connectivity index (χ4n) is 3.43. The van der Waals surface area contributed by atoms with Crippen LogP contribution in [0.15, 0.2) is 30.3 Å². The van der Waals surface area contributed by atoms with Gasteiger partial charge in [-0.2, -0.15) is 13.2 Å². The van der Waals surface area contributed by atoms with Crippen molar-refractivity contribution < 1.29 is 18.0 Å². The van der Waals surface area contributed by atoms with Gasteiger partial charge in [-0.05, 0) is 24.9 Å². The highest BCUT2D eigenvalue weighted by molar-refractivity contribution is 5.84. The first-order valence-electron chi connectivity index (χ1n) is 9.16. The molecule has 0 bridgehead atoms. The summed E-state index contributed by atoms with van der Waals surface area (Å²) in [5.74, 6) is -0.938. The van der Waals surface area contributed by atoms with Crippen molar-refractivity contribution in [1.82, 2.24) is 10.2 Å². The number of benzene rings is 1. The molecule has 0 saturated carbocycles. The second-order valence-electron chi connectivity index (χ2n) is 7.07. The van der Waals surface area contributed by atoms with Crippen molar-refractivity contribution in [2.24, 2.45) is 11.1 Å². The molecule has 0 aliphatic carbocycles. The molecular weight excluding hydrogens is 343 g/mol. The van der Waals surface area contributed by atoms with Crippen LogP contribution in [0.4, 0.5) is 13.2 Å². The van der Waals surface area contributed by atoms with Crippen molar-refractivity contribution in [2.45, 2.75) is 51.4 Å². The number of likely N-dealkylation sites (tertiary alicyclic amines) is 1. The molecule has 1 fully saturated rings. The number of carbonyl (C=O) groups is 1. The summed E-state index contributed by atoms with van der Waals surface area (Å²) in [6.45, 7) is 2.47. The lowest BCUT2D eigenvalue weighted by Gasteiger charge is -2.32. The van der Waals surface area contributed by atoms with Gasteiger partial charge in [0.15, 0.2) is 5.41 Å². The van der Waals surface area contributed by atoms with E-state index < -0.39 is 23.5 Å². The monoisotopic (exact) mass is 371 g/mol. The second kappa shape index (κ2) is 8.86. The molecule has 0 radical (unpaired) electrons. The number of nitrogens with two attached hydrogens (primary N) is 1. The third kappa shape index (κ3) is 4.76. The van der Waals surface area contributed by atoms with Crippen LogP contribution in [0.3, 0.4) is 0 Å². The van der Waals surface area contributed by atoms with E-state index in [9.17, 15) is 18.0 Å². The van der Waals surface area contributed by atoms with E-state index in [0.717, 1.165) is 18.4 Å². The smallest absolute Gasteiger partial charge is 0.351 e. The molecule has 1 amide bonds. The maximum atomic E-state index is 13.9. The summed E-state index contributed by atoms with van der Waals surface area (Å²) in [5, 5.41) is 2.56. The molecule has 0 spiro atoms. The largest absolute Gasteiger partial charge is 0.404 e. The molecule has 2 unspecified atom stereocenters. The van der Waals surface area contributed by atoms with Crippen LogP contribution in [0.2, 0.25) is 0 Å². The van der Waals surface area contributed by atoms with Gasteiger partial charge in [0.2, 0.25) is 5.91 Å². The zero-order chi connectivity index (χ0) is 19.2. The van der Waals surface area contributed by atoms with Crippen molar-refractivity contribution in [2.75, 3.05) is 19.6 Å². The summed E-state index contributed by atoms with van der Waals surface area (Å²) < 4.78 is 41.6. The van der Waals surface area contributed by atoms with Gasteiger partial charge in [0, 0.05) is 25.7 Å². The Morgan fingerprint density at radius 2 is 2.04 bits per heavy atom. The van der Waals surface area contributed by atoms with Crippen LogP contribution in [-0.4, -0.2) is 42.7 Å². The van der Waals surface area contributed by atoms with Crippen LogP contribution < -0.4 is 11.1 Å². The first kappa shape index (κ1) is 20.7. The number of carbonyl (C=O) groups excluding carboxylic acids is 1. The summed E-state index contributed by atoms with van der Waals surface area (Å²) in [4.78, 5) is 14.3. The van der Waals surface area contributed by atoms with Gasteiger partial charge in [-0.1, -0.05) is 50.1 Å². The van der Waals surface area contributed by atoms with Crippen LogP contribution in [0.25, 0.3) is 0 Å². The van der Waals surface area contributed by atoms with Crippen molar-refractivity contribution in [3.63, 3.8) is 0 Å². The first-order valence-corrected chi connectivity index (χ1v) is 9.16. The minimum absolute atomic E-state index is 0.146. The lowest BCUT2D eigenvalue weighted by atomic mass is 9.84. The predicted molar refractivity (Wildman–Crippen MR) is 95.3 cm³/mol. The lowest BCUT2D eigenvalue weighted by molar-refractivity contribution is -0.218. The first-order chi connectivity index (χ1) is 12.3. The molecule has 4 nitrogen and oxygen atoms in total. The van der Waals surface area contributed by atoms with Crippen molar-refractivity contribution >= 4 is 5.91 Å². The Labute approximate surface area is 152 Å². The van der Waals surface area contributed by atoms with Crippen LogP contribution in [0, 0.1) is 5.41 Å². The normalized spacial score (nSPS) is 22.3. The number of rotatable bonds is 8. The number of hydrogen-bond donors (Lipinski definition) is 2. The molecule has 1 aliphatic rings. The summed E-state index contributed by atoms with van der Waals surface area (Å²) in [7, 11) is 0. The Kier molecular flexibility index (Phi) is 7.06. The summed E-state index contributed by atoms with van der Waals surface area (Å²) in [6.07, 6.45) is -2.49. The van der Waals surface area contributed by atoms with E-state index >= 15 is 0 Å². The Bertz CT molecular complexity index is 579. The van der Waals surface area contributed by atoms with E-state index in [1.807, 2.05) is 37.3 Å². The minimum Gasteiger partial charge on any atom is -0.351 e. The quantitative estimate of drug-likeness (QED) is 0.738. The van der Waals surface area contributed by atoms with Crippen LogP contribution >= 0.6 is 0 Å². The Morgan fingerprint density at radius 3 is 2.62 bits per heavy atom. The van der Waals surface area contributed by atoms with Gasteiger partial charge in [-0.25, -0.2) is 0 Å². The number of nitrogens with zero attached hydrogens (tertiary/aromatic N) is 1. The van der Waals surface area contributed by atoms with Crippen LogP contribution in [0.1, 0.15) is 38.2 Å². The summed E-state index contributed by atoms with van der Waals surface area (Å²) in [6, 6.07) is 8.92. The molecule has 0 aromatic heterocycles. The predicted octanol–water partition coefficient (Wildman–Crippen LogP) is 3.07. The van der Waals surface area contributed by atoms with Gasteiger partial charge in [-0.3, -0.25) is 9.69 Å². The van der Waals surface area contributed by atoms with E-state index in [-0.39, 0.29) is 26.1 Å². The van der Waals surface area contributed by atoms with Crippen LogP contribution in [-0.2, 0) is 11.3 Å². The van der Waals surface area contributed by atoms with Gasteiger partial charge in [0.05, 0.1) is 0 Å². The molecule has 7 heteroatoms. The standard InChI is InChI=1S/C19H28F3N3O/c1-2-3-9-16(12-23)24-17(26)18(19(20,21)22)10-11-25(14-18)13-15-7-5-4-6-8-15/h4-8,16H,2-3,9-14,23H2,1H3,(H,24,26). The van der Waals surface area contributed by atoms with Gasteiger partial charge < -0.3 is 11.1 Å². The summed E-state index contributed by atoms with van der Waals surface area (Å²) >= 11 is 0. The topological polar surface area (TPSA) is 58.4 Å². The highest BCUT2D eigenvalue weighted by Gasteiger charge is 2.63. The third-order valence-corrected chi connectivity index (χ3v) is 5.10. The fraction of sp³-hybridized carbons (Fsp3) is 0.632. The van der Waals surface area contributed by atoms with Crippen molar-refractivity contribution in [1.29, 1.82) is 0 Å². The number of alkyl halides is 3. The maximum Gasteiger partial charge on any atom is 0.404 e. The Balaban J connectivity index is 2.10. The Hall–Kier alpha value is -1.60. The number of amides is 1. The van der Waals surface area contributed by atoms with Gasteiger partial charge >= 0.3 is 6.18 Å². The molecule has 1 aromatic carbocycles. The molecule has 1 aromatic rings. The van der Waals surface area contributed by atoms with Crippen molar-refractivity contribution in [3.05, 3.63) is 35.9 Å². The molecule has 146 valence electrons. The number of halogens is 3. The van der Waals surface area contributed by atoms with Gasteiger partial charge in [0.25, 0.3) is 0 Å². The number of unbranched alkanes of at least 4 members (excludes halogenated alkanes) is 1. The molecule has 1 heterocycles. The van der Waals surface area contributed by atoms with Crippen LogP contribution in [0.5, 0.6) is 0 Å². The molecule has 1 aliphatic heterocycles. The summed E-state index contributed by atoms with van der Waals surface area (Å²) in [5.41, 5.74) is 4.21. The zero-order valence-corrected chi connectivity index (χ0v) is 15.2. The highest BCUT2D eigenvalue weighted by Crippen LogP contribution is 2.46. The highest BCUT2D eigenvalue weighted by atomic mass is 19.4. The maximum absolute atomic E-state index is 13.9. The molecular formula is C19H28F3N3O. The van der Waals surface area contributed by atoms with Gasteiger partial charge in [-0.15, -0.1) is 0 Å². The zero-order valence-electron chi connectivity index (χ0n) is 15.2. The average molecular weight is 371 g/mol. The van der Waals surface area contributed by atoms with E-state index in [4.69, 9.17) is 5.73 Å².